The fourth-order valence-corrected chi connectivity index (χ4v) is 1.84. The summed E-state index contributed by atoms with van der Waals surface area (Å²) in [6.07, 6.45) is 0. The first-order valence-electron chi connectivity index (χ1n) is 6.46. The number of ether oxygens (including phenoxy) is 1. The highest BCUT2D eigenvalue weighted by Gasteiger charge is 2.06. The SMILES string of the molecule is Nc1ccc(OCc2nc(-c3ccc(N)cc3)n[nH]2)cc1. The lowest BCUT2D eigenvalue weighted by Gasteiger charge is -2.03. The summed E-state index contributed by atoms with van der Waals surface area (Å²) in [5, 5.41) is 7.02. The molecule has 106 valence electrons. The molecule has 2 aromatic carbocycles. The molecule has 0 amide bonds. The molecule has 0 radical (unpaired) electrons. The number of hydrogen-bond acceptors (Lipinski definition) is 5. The topological polar surface area (TPSA) is 103 Å². The third-order valence-electron chi connectivity index (χ3n) is 2.96. The number of aromatic amines is 1. The minimum Gasteiger partial charge on any atom is -0.486 e. The highest BCUT2D eigenvalue weighted by molar-refractivity contribution is 5.58. The van der Waals surface area contributed by atoms with E-state index in [1.807, 2.05) is 36.4 Å². The van der Waals surface area contributed by atoms with Crippen molar-refractivity contribution in [3.8, 4) is 17.1 Å². The summed E-state index contributed by atoms with van der Waals surface area (Å²) in [5.41, 5.74) is 13.6. The molecule has 0 aliphatic carbocycles. The van der Waals surface area contributed by atoms with E-state index in [0.717, 1.165) is 11.3 Å². The smallest absolute Gasteiger partial charge is 0.181 e. The van der Waals surface area contributed by atoms with Gasteiger partial charge in [-0.1, -0.05) is 0 Å². The number of H-pyrrole nitrogens is 1. The predicted molar refractivity (Wildman–Crippen MR) is 81.4 cm³/mol. The van der Waals surface area contributed by atoms with Crippen LogP contribution < -0.4 is 16.2 Å². The summed E-state index contributed by atoms with van der Waals surface area (Å²) in [6.45, 7) is 0.311. The predicted octanol–water partition coefficient (Wildman–Crippen LogP) is 2.22. The van der Waals surface area contributed by atoms with Gasteiger partial charge in [0, 0.05) is 16.9 Å². The Bertz CT molecular complexity index is 719. The fraction of sp³-hybridized carbons (Fsp3) is 0.0667. The molecule has 1 heterocycles. The molecule has 0 bridgehead atoms. The molecule has 21 heavy (non-hydrogen) atoms. The van der Waals surface area contributed by atoms with Gasteiger partial charge in [-0.2, -0.15) is 5.10 Å². The zero-order valence-corrected chi connectivity index (χ0v) is 11.3. The van der Waals surface area contributed by atoms with E-state index in [1.54, 1.807) is 12.1 Å². The molecule has 3 rings (SSSR count). The number of rotatable bonds is 4. The zero-order chi connectivity index (χ0) is 14.7. The summed E-state index contributed by atoms with van der Waals surface area (Å²) in [4.78, 5) is 4.39. The molecule has 0 saturated heterocycles. The van der Waals surface area contributed by atoms with Gasteiger partial charge in [0.25, 0.3) is 0 Å². The molecule has 0 saturated carbocycles. The normalized spacial score (nSPS) is 10.5. The van der Waals surface area contributed by atoms with Crippen LogP contribution in [0.2, 0.25) is 0 Å². The summed E-state index contributed by atoms with van der Waals surface area (Å²) < 4.78 is 5.61. The second-order valence-electron chi connectivity index (χ2n) is 4.59. The third-order valence-corrected chi connectivity index (χ3v) is 2.96. The molecule has 0 atom stereocenters. The van der Waals surface area contributed by atoms with Gasteiger partial charge < -0.3 is 16.2 Å². The maximum absolute atomic E-state index is 5.66. The summed E-state index contributed by atoms with van der Waals surface area (Å²) in [7, 11) is 0. The maximum atomic E-state index is 5.66. The molecule has 1 aromatic heterocycles. The van der Waals surface area contributed by atoms with Crippen LogP contribution in [-0.2, 0) is 6.61 Å². The average molecular weight is 281 g/mol. The molecule has 0 fully saturated rings. The molecule has 6 heteroatoms. The lowest BCUT2D eigenvalue weighted by molar-refractivity contribution is 0.296. The van der Waals surface area contributed by atoms with E-state index in [4.69, 9.17) is 16.2 Å². The Morgan fingerprint density at radius 1 is 0.905 bits per heavy atom. The summed E-state index contributed by atoms with van der Waals surface area (Å²) in [5.74, 6) is 2.00. The molecule has 0 aliphatic rings. The second-order valence-corrected chi connectivity index (χ2v) is 4.59. The molecule has 0 spiro atoms. The first kappa shape index (κ1) is 13.0. The Morgan fingerprint density at radius 2 is 1.52 bits per heavy atom. The number of benzene rings is 2. The van der Waals surface area contributed by atoms with Crippen molar-refractivity contribution in [2.75, 3.05) is 11.5 Å². The average Bonchev–Trinajstić information content (AvgIpc) is 2.96. The number of nitrogens with one attached hydrogen (secondary N) is 1. The van der Waals surface area contributed by atoms with Crippen LogP contribution in [0.4, 0.5) is 11.4 Å². The fourth-order valence-electron chi connectivity index (χ4n) is 1.84. The van der Waals surface area contributed by atoms with Gasteiger partial charge in [0.15, 0.2) is 11.6 Å². The van der Waals surface area contributed by atoms with Crippen molar-refractivity contribution in [2.45, 2.75) is 6.61 Å². The summed E-state index contributed by atoms with van der Waals surface area (Å²) >= 11 is 0. The van der Waals surface area contributed by atoms with Gasteiger partial charge in [0.05, 0.1) is 0 Å². The molecule has 0 aliphatic heterocycles. The molecule has 3 aromatic rings. The van der Waals surface area contributed by atoms with E-state index < -0.39 is 0 Å². The molecule has 0 unspecified atom stereocenters. The van der Waals surface area contributed by atoms with Gasteiger partial charge in [-0.25, -0.2) is 4.98 Å². The van der Waals surface area contributed by atoms with Crippen molar-refractivity contribution in [3.05, 3.63) is 54.4 Å². The van der Waals surface area contributed by atoms with Crippen molar-refractivity contribution >= 4 is 11.4 Å². The lowest BCUT2D eigenvalue weighted by atomic mass is 10.2. The van der Waals surface area contributed by atoms with Gasteiger partial charge in [-0.15, -0.1) is 0 Å². The van der Waals surface area contributed by atoms with Crippen molar-refractivity contribution in [2.24, 2.45) is 0 Å². The van der Waals surface area contributed by atoms with Crippen LogP contribution in [0.5, 0.6) is 5.75 Å². The van der Waals surface area contributed by atoms with Crippen LogP contribution >= 0.6 is 0 Å². The number of hydrogen-bond donors (Lipinski definition) is 3. The van der Waals surface area contributed by atoms with Crippen molar-refractivity contribution in [1.29, 1.82) is 0 Å². The van der Waals surface area contributed by atoms with Crippen LogP contribution in [0.25, 0.3) is 11.4 Å². The third kappa shape index (κ3) is 3.11. The van der Waals surface area contributed by atoms with Crippen LogP contribution in [0.3, 0.4) is 0 Å². The quantitative estimate of drug-likeness (QED) is 0.636. The first-order chi connectivity index (χ1) is 10.2. The van der Waals surface area contributed by atoms with Crippen molar-refractivity contribution < 1.29 is 4.74 Å². The molecule has 5 N–H and O–H groups in total. The second kappa shape index (κ2) is 5.54. The van der Waals surface area contributed by atoms with Crippen molar-refractivity contribution in [1.82, 2.24) is 15.2 Å². The maximum Gasteiger partial charge on any atom is 0.181 e. The Kier molecular flexibility index (Phi) is 3.42. The van der Waals surface area contributed by atoms with E-state index in [9.17, 15) is 0 Å². The zero-order valence-electron chi connectivity index (χ0n) is 11.3. The van der Waals surface area contributed by atoms with E-state index in [0.29, 0.717) is 29.6 Å². The number of anilines is 2. The molecule has 6 nitrogen and oxygen atoms in total. The van der Waals surface area contributed by atoms with Crippen LogP contribution in [-0.4, -0.2) is 15.2 Å². The standard InChI is InChI=1S/C15H15N5O/c16-11-3-1-10(2-4-11)15-18-14(19-20-15)9-21-13-7-5-12(17)6-8-13/h1-8H,9,16-17H2,(H,18,19,20). The van der Waals surface area contributed by atoms with Gasteiger partial charge >= 0.3 is 0 Å². The number of aromatic nitrogens is 3. The number of nitrogens with two attached hydrogens (primary N) is 2. The number of nitrogen functional groups attached to an aromatic ring is 2. The highest BCUT2D eigenvalue weighted by Crippen LogP contribution is 2.17. The Labute approximate surface area is 121 Å². The van der Waals surface area contributed by atoms with E-state index in [-0.39, 0.29) is 0 Å². The summed E-state index contributed by atoms with van der Waals surface area (Å²) in [6, 6.07) is 14.6. The monoisotopic (exact) mass is 281 g/mol. The Hall–Kier alpha value is -3.02. The highest BCUT2D eigenvalue weighted by atomic mass is 16.5. The lowest BCUT2D eigenvalue weighted by Crippen LogP contribution is -1.97. The minimum absolute atomic E-state index is 0.311. The van der Waals surface area contributed by atoms with E-state index in [2.05, 4.69) is 15.2 Å². The Morgan fingerprint density at radius 3 is 2.19 bits per heavy atom. The van der Waals surface area contributed by atoms with Crippen LogP contribution in [0, 0.1) is 0 Å². The van der Waals surface area contributed by atoms with Gasteiger partial charge in [-0.3, -0.25) is 5.10 Å². The van der Waals surface area contributed by atoms with Gasteiger partial charge in [0.1, 0.15) is 12.4 Å². The van der Waals surface area contributed by atoms with E-state index in [1.165, 1.54) is 0 Å². The van der Waals surface area contributed by atoms with Crippen LogP contribution in [0.15, 0.2) is 48.5 Å². The number of nitrogens with zero attached hydrogens (tertiary/aromatic N) is 2. The minimum atomic E-state index is 0.311. The van der Waals surface area contributed by atoms with Gasteiger partial charge in [-0.05, 0) is 48.5 Å². The van der Waals surface area contributed by atoms with Gasteiger partial charge in [0.2, 0.25) is 0 Å². The van der Waals surface area contributed by atoms with E-state index >= 15 is 0 Å². The van der Waals surface area contributed by atoms with Crippen molar-refractivity contribution in [3.63, 3.8) is 0 Å². The first-order valence-corrected chi connectivity index (χ1v) is 6.46. The Balaban J connectivity index is 1.67. The largest absolute Gasteiger partial charge is 0.486 e. The molecular weight excluding hydrogens is 266 g/mol. The van der Waals surface area contributed by atoms with Crippen LogP contribution in [0.1, 0.15) is 5.82 Å². The molecular formula is C15H15N5O.